The summed E-state index contributed by atoms with van der Waals surface area (Å²) in [6, 6.07) is 4.27. The fourth-order valence-corrected chi connectivity index (χ4v) is 4.44. The second kappa shape index (κ2) is 11.6. The zero-order valence-electron chi connectivity index (χ0n) is 17.9. The first-order valence-electron chi connectivity index (χ1n) is 10.5. The molecular weight excluding hydrogens is 392 g/mol. The van der Waals surface area contributed by atoms with Gasteiger partial charge in [-0.25, -0.2) is 0 Å². The summed E-state index contributed by atoms with van der Waals surface area (Å²) in [5.74, 6) is 1.66. The van der Waals surface area contributed by atoms with Crippen molar-refractivity contribution in [1.29, 1.82) is 0 Å². The number of nitrogens with zero attached hydrogens (tertiary/aromatic N) is 2. The Morgan fingerprint density at radius 1 is 0.931 bits per heavy atom. The number of benzene rings is 1. The predicted molar refractivity (Wildman–Crippen MR) is 117 cm³/mol. The molecule has 0 unspecified atom stereocenters. The summed E-state index contributed by atoms with van der Waals surface area (Å²) in [5.41, 5.74) is 0.607. The number of hydrogen-bond donors (Lipinski definition) is 0. The van der Waals surface area contributed by atoms with Gasteiger partial charge in [0.25, 0.3) is 0 Å². The molecule has 1 heterocycles. The molecule has 1 saturated carbocycles. The van der Waals surface area contributed by atoms with Crippen LogP contribution in [0, 0.1) is 0 Å². The summed E-state index contributed by atoms with van der Waals surface area (Å²) in [7, 11) is 4.70. The minimum absolute atomic E-state index is 0. The van der Waals surface area contributed by atoms with Crippen molar-refractivity contribution in [3.63, 3.8) is 0 Å². The van der Waals surface area contributed by atoms with Crippen LogP contribution in [0.4, 0.5) is 0 Å². The molecule has 0 radical (unpaired) electrons. The van der Waals surface area contributed by atoms with E-state index in [4.69, 9.17) is 14.2 Å². The number of methoxy groups -OCH3 is 3. The quantitative estimate of drug-likeness (QED) is 0.591. The second-order valence-electron chi connectivity index (χ2n) is 7.76. The molecule has 7 heteroatoms. The number of rotatable bonds is 8. The van der Waals surface area contributed by atoms with E-state index in [0.29, 0.717) is 29.2 Å². The molecule has 0 spiro atoms. The van der Waals surface area contributed by atoms with Crippen LogP contribution in [0.15, 0.2) is 12.1 Å². The largest absolute Gasteiger partial charge is 0.493 e. The minimum atomic E-state index is 0. The molecule has 1 aromatic carbocycles. The van der Waals surface area contributed by atoms with Gasteiger partial charge in [0.15, 0.2) is 17.3 Å². The van der Waals surface area contributed by atoms with E-state index in [-0.39, 0.29) is 18.2 Å². The van der Waals surface area contributed by atoms with Gasteiger partial charge in [-0.15, -0.1) is 12.4 Å². The fourth-order valence-electron chi connectivity index (χ4n) is 4.44. The Kier molecular flexibility index (Phi) is 9.53. The van der Waals surface area contributed by atoms with E-state index in [1.807, 2.05) is 0 Å². The highest BCUT2D eigenvalue weighted by Gasteiger charge is 2.25. The highest BCUT2D eigenvalue weighted by atomic mass is 35.5. The molecule has 29 heavy (non-hydrogen) atoms. The van der Waals surface area contributed by atoms with Crippen molar-refractivity contribution in [2.24, 2.45) is 0 Å². The molecule has 1 saturated heterocycles. The van der Waals surface area contributed by atoms with Crippen LogP contribution >= 0.6 is 12.4 Å². The molecule has 6 nitrogen and oxygen atoms in total. The Bertz CT molecular complexity index is 631. The van der Waals surface area contributed by atoms with Crippen molar-refractivity contribution in [2.45, 2.75) is 44.6 Å². The lowest BCUT2D eigenvalue weighted by Crippen LogP contribution is -2.51. The van der Waals surface area contributed by atoms with Gasteiger partial charge in [0.1, 0.15) is 0 Å². The van der Waals surface area contributed by atoms with E-state index >= 15 is 0 Å². The van der Waals surface area contributed by atoms with Crippen LogP contribution in [0.3, 0.4) is 0 Å². The van der Waals surface area contributed by atoms with Gasteiger partial charge in [0, 0.05) is 50.7 Å². The third-order valence-corrected chi connectivity index (χ3v) is 6.14. The molecular formula is C22H35ClN2O4. The monoisotopic (exact) mass is 426 g/mol. The average Bonchev–Trinajstić information content (AvgIpc) is 2.77. The Morgan fingerprint density at radius 2 is 1.52 bits per heavy atom. The zero-order valence-corrected chi connectivity index (χ0v) is 18.8. The van der Waals surface area contributed by atoms with Crippen molar-refractivity contribution < 1.29 is 19.0 Å². The molecule has 164 valence electrons. The number of ether oxygens (including phenoxy) is 3. The molecule has 0 N–H and O–H groups in total. The number of ketones is 1. The number of carbonyl (C=O) groups excluding carboxylic acids is 1. The van der Waals surface area contributed by atoms with E-state index < -0.39 is 0 Å². The number of carbonyl (C=O) groups is 1. The molecule has 0 amide bonds. The number of hydrogen-bond acceptors (Lipinski definition) is 6. The third-order valence-electron chi connectivity index (χ3n) is 6.14. The van der Waals surface area contributed by atoms with Crippen molar-refractivity contribution in [3.05, 3.63) is 17.7 Å². The lowest BCUT2D eigenvalue weighted by atomic mass is 9.94. The van der Waals surface area contributed by atoms with Gasteiger partial charge >= 0.3 is 0 Å². The maximum atomic E-state index is 12.7. The van der Waals surface area contributed by atoms with Crippen LogP contribution in [-0.4, -0.2) is 75.7 Å². The lowest BCUT2D eigenvalue weighted by Gasteiger charge is -2.40. The Hall–Kier alpha value is -1.50. The molecule has 1 aliphatic carbocycles. The van der Waals surface area contributed by atoms with Gasteiger partial charge in [0.05, 0.1) is 21.3 Å². The molecule has 1 aliphatic heterocycles. The van der Waals surface area contributed by atoms with E-state index in [2.05, 4.69) is 9.80 Å². The highest BCUT2D eigenvalue weighted by Crippen LogP contribution is 2.38. The maximum absolute atomic E-state index is 12.7. The van der Waals surface area contributed by atoms with Crippen LogP contribution in [0.2, 0.25) is 0 Å². The van der Waals surface area contributed by atoms with E-state index in [1.54, 1.807) is 33.5 Å². The van der Waals surface area contributed by atoms with Crippen molar-refractivity contribution in [1.82, 2.24) is 9.80 Å². The SMILES string of the molecule is COc1cc(C(=O)CCN2CCN(C3CCCCC3)CC2)cc(OC)c1OC.Cl. The van der Waals surface area contributed by atoms with Crippen LogP contribution in [0.1, 0.15) is 48.9 Å². The molecule has 0 bridgehead atoms. The summed E-state index contributed by atoms with van der Waals surface area (Å²) < 4.78 is 16.1. The fraction of sp³-hybridized carbons (Fsp3) is 0.682. The summed E-state index contributed by atoms with van der Waals surface area (Å²) >= 11 is 0. The molecule has 3 rings (SSSR count). The van der Waals surface area contributed by atoms with Gasteiger partial charge in [-0.3, -0.25) is 9.69 Å². The molecule has 2 fully saturated rings. The molecule has 2 aliphatic rings. The molecule has 0 aromatic heterocycles. The maximum Gasteiger partial charge on any atom is 0.203 e. The smallest absolute Gasteiger partial charge is 0.203 e. The number of halogens is 1. The van der Waals surface area contributed by atoms with Crippen molar-refractivity contribution >= 4 is 18.2 Å². The van der Waals surface area contributed by atoms with Crippen LogP contribution in [-0.2, 0) is 0 Å². The average molecular weight is 427 g/mol. The normalized spacial score (nSPS) is 18.7. The minimum Gasteiger partial charge on any atom is -0.493 e. The Morgan fingerprint density at radius 3 is 2.03 bits per heavy atom. The standard InChI is InChI=1S/C22H34N2O4.ClH/c1-26-20-15-17(16-21(27-2)22(20)28-3)19(25)9-10-23-11-13-24(14-12-23)18-7-5-4-6-8-18;/h15-16,18H,4-14H2,1-3H3;1H. The lowest BCUT2D eigenvalue weighted by molar-refractivity contribution is 0.0744. The molecule has 1 aromatic rings. The van der Waals surface area contributed by atoms with Gasteiger partial charge in [-0.2, -0.15) is 0 Å². The van der Waals surface area contributed by atoms with Crippen LogP contribution < -0.4 is 14.2 Å². The van der Waals surface area contributed by atoms with Crippen LogP contribution in [0.25, 0.3) is 0 Å². The van der Waals surface area contributed by atoms with Gasteiger partial charge in [-0.05, 0) is 25.0 Å². The number of piperazine rings is 1. The first kappa shape index (κ1) is 23.8. The highest BCUT2D eigenvalue weighted by molar-refractivity contribution is 5.97. The van der Waals surface area contributed by atoms with Gasteiger partial charge in [0.2, 0.25) is 5.75 Å². The topological polar surface area (TPSA) is 51.2 Å². The van der Waals surface area contributed by atoms with Gasteiger partial charge < -0.3 is 19.1 Å². The first-order chi connectivity index (χ1) is 13.7. The molecule has 0 atom stereocenters. The second-order valence-corrected chi connectivity index (χ2v) is 7.76. The first-order valence-corrected chi connectivity index (χ1v) is 10.5. The third kappa shape index (κ3) is 6.00. The summed E-state index contributed by atoms with van der Waals surface area (Å²) in [4.78, 5) is 17.8. The Balaban J connectivity index is 0.00000300. The zero-order chi connectivity index (χ0) is 19.9. The van der Waals surface area contributed by atoms with E-state index in [1.165, 1.54) is 32.1 Å². The van der Waals surface area contributed by atoms with E-state index in [0.717, 1.165) is 38.8 Å². The van der Waals surface area contributed by atoms with Gasteiger partial charge in [-0.1, -0.05) is 19.3 Å². The summed E-state index contributed by atoms with van der Waals surface area (Å²) in [6.45, 7) is 5.16. The van der Waals surface area contributed by atoms with E-state index in [9.17, 15) is 4.79 Å². The summed E-state index contributed by atoms with van der Waals surface area (Å²) in [5, 5.41) is 0. The Labute approximate surface area is 180 Å². The number of Topliss-reactive ketones (excluding diaryl/α,β-unsaturated/α-hetero) is 1. The van der Waals surface area contributed by atoms with Crippen molar-refractivity contribution in [3.8, 4) is 17.2 Å². The predicted octanol–water partition coefficient (Wildman–Crippen LogP) is 3.66. The van der Waals surface area contributed by atoms with Crippen LogP contribution in [0.5, 0.6) is 17.2 Å². The summed E-state index contributed by atoms with van der Waals surface area (Å²) in [6.07, 6.45) is 7.39. The van der Waals surface area contributed by atoms with Crippen molar-refractivity contribution in [2.75, 3.05) is 54.1 Å².